The molecule has 1 heteroatoms. The van der Waals surface area contributed by atoms with Crippen LogP contribution in [0.15, 0.2) is 73.3 Å². The van der Waals surface area contributed by atoms with Gasteiger partial charge in [0.1, 0.15) is 5.75 Å². The van der Waals surface area contributed by atoms with Gasteiger partial charge in [-0.05, 0) is 18.2 Å². The van der Waals surface area contributed by atoms with Gasteiger partial charge in [-0.3, -0.25) is 0 Å². The molecule has 0 saturated heterocycles. The van der Waals surface area contributed by atoms with Gasteiger partial charge in [-0.2, -0.15) is 0 Å². The Hall–Kier alpha value is -2.02. The lowest BCUT2D eigenvalue weighted by Crippen LogP contribution is -2.04. The van der Waals surface area contributed by atoms with Gasteiger partial charge < -0.3 is 4.74 Å². The molecule has 0 saturated carbocycles. The molecular formula is C15H13O. The highest BCUT2D eigenvalue weighted by molar-refractivity contribution is 5.35. The van der Waals surface area contributed by atoms with Crippen LogP contribution in [0, 0.1) is 6.10 Å². The zero-order valence-corrected chi connectivity index (χ0v) is 8.97. The minimum atomic E-state index is 0.770. The molecule has 16 heavy (non-hydrogen) atoms. The monoisotopic (exact) mass is 209 g/mol. The maximum absolute atomic E-state index is 5.75. The second-order valence-corrected chi connectivity index (χ2v) is 3.35. The van der Waals surface area contributed by atoms with E-state index < -0.39 is 0 Å². The first-order chi connectivity index (χ1) is 7.90. The van der Waals surface area contributed by atoms with E-state index in [1.165, 1.54) is 0 Å². The molecule has 0 heterocycles. The van der Waals surface area contributed by atoms with Gasteiger partial charge in [0, 0.05) is 5.56 Å². The highest BCUT2D eigenvalue weighted by Crippen LogP contribution is 2.21. The second-order valence-electron chi connectivity index (χ2n) is 3.35. The lowest BCUT2D eigenvalue weighted by atomic mass is 10.1. The largest absolute Gasteiger partial charge is 0.473 e. The molecule has 0 aliphatic carbocycles. The van der Waals surface area contributed by atoms with E-state index in [4.69, 9.17) is 4.74 Å². The van der Waals surface area contributed by atoms with Crippen molar-refractivity contribution >= 4 is 0 Å². The van der Waals surface area contributed by atoms with Gasteiger partial charge in [-0.15, -0.1) is 0 Å². The zero-order valence-electron chi connectivity index (χ0n) is 8.97. The normalized spacial score (nSPS) is 10.1. The molecule has 0 bridgehead atoms. The highest BCUT2D eigenvalue weighted by Gasteiger charge is 2.09. The molecule has 1 nitrogen and oxygen atoms in total. The first-order valence-electron chi connectivity index (χ1n) is 5.18. The van der Waals surface area contributed by atoms with E-state index >= 15 is 0 Å². The first kappa shape index (κ1) is 10.5. The Kier molecular flexibility index (Phi) is 3.39. The molecule has 1 radical (unpaired) electrons. The van der Waals surface area contributed by atoms with Crippen molar-refractivity contribution in [1.82, 2.24) is 0 Å². The SMILES string of the molecule is C=C[C](Oc1ccccc1)c1ccccc1. The standard InChI is InChI=1S/C15H13O/c1-2-15(13-9-5-3-6-10-13)16-14-11-7-4-8-12-14/h2-12H,1H2. The van der Waals surface area contributed by atoms with Gasteiger partial charge in [0.25, 0.3) is 0 Å². The van der Waals surface area contributed by atoms with Crippen molar-refractivity contribution in [2.75, 3.05) is 0 Å². The third-order valence-corrected chi connectivity index (χ3v) is 2.21. The van der Waals surface area contributed by atoms with Gasteiger partial charge in [-0.25, -0.2) is 0 Å². The van der Waals surface area contributed by atoms with Gasteiger partial charge in [-0.1, -0.05) is 55.1 Å². The van der Waals surface area contributed by atoms with Crippen LogP contribution in [-0.4, -0.2) is 0 Å². The Labute approximate surface area is 96.0 Å². The number of hydrogen-bond donors (Lipinski definition) is 0. The Morgan fingerprint density at radius 1 is 0.875 bits per heavy atom. The zero-order chi connectivity index (χ0) is 11.2. The van der Waals surface area contributed by atoms with Crippen LogP contribution < -0.4 is 4.74 Å². The van der Waals surface area contributed by atoms with Crippen LogP contribution >= 0.6 is 0 Å². The molecule has 0 spiro atoms. The summed E-state index contributed by atoms with van der Waals surface area (Å²) in [6.07, 6.45) is 2.49. The molecule has 79 valence electrons. The smallest absolute Gasteiger partial charge is 0.199 e. The summed E-state index contributed by atoms with van der Waals surface area (Å²) in [7, 11) is 0. The fraction of sp³-hybridized carbons (Fsp3) is 0. The topological polar surface area (TPSA) is 9.23 Å². The summed E-state index contributed by atoms with van der Waals surface area (Å²) in [6, 6.07) is 19.6. The second kappa shape index (κ2) is 5.17. The number of ether oxygens (including phenoxy) is 1. The fourth-order valence-corrected chi connectivity index (χ4v) is 1.44. The Bertz CT molecular complexity index is 434. The Morgan fingerprint density at radius 3 is 2.00 bits per heavy atom. The maximum Gasteiger partial charge on any atom is 0.199 e. The molecule has 0 aliphatic heterocycles. The predicted octanol–water partition coefficient (Wildman–Crippen LogP) is 3.83. The van der Waals surface area contributed by atoms with Crippen LogP contribution in [-0.2, 0) is 0 Å². The third kappa shape index (κ3) is 2.51. The molecule has 0 amide bonds. The number of benzene rings is 2. The van der Waals surface area contributed by atoms with Crippen molar-refractivity contribution in [1.29, 1.82) is 0 Å². The summed E-state index contributed by atoms with van der Waals surface area (Å²) in [4.78, 5) is 0. The van der Waals surface area contributed by atoms with E-state index in [1.54, 1.807) is 6.08 Å². The highest BCUT2D eigenvalue weighted by atomic mass is 16.5. The van der Waals surface area contributed by atoms with Crippen LogP contribution in [0.25, 0.3) is 0 Å². The average Bonchev–Trinajstić information content (AvgIpc) is 2.38. The summed E-state index contributed by atoms with van der Waals surface area (Å²) >= 11 is 0. The van der Waals surface area contributed by atoms with Crippen molar-refractivity contribution in [3.63, 3.8) is 0 Å². The van der Waals surface area contributed by atoms with Crippen molar-refractivity contribution in [3.8, 4) is 5.75 Å². The number of para-hydroxylation sites is 1. The van der Waals surface area contributed by atoms with E-state index in [1.807, 2.05) is 60.7 Å². The fourth-order valence-electron chi connectivity index (χ4n) is 1.44. The lowest BCUT2D eigenvalue weighted by Gasteiger charge is -2.13. The van der Waals surface area contributed by atoms with Crippen LogP contribution in [0.5, 0.6) is 5.75 Å². The number of rotatable bonds is 4. The molecule has 0 atom stereocenters. The van der Waals surface area contributed by atoms with E-state index in [-0.39, 0.29) is 0 Å². The Balaban J connectivity index is 2.16. The van der Waals surface area contributed by atoms with Gasteiger partial charge in [0.2, 0.25) is 0 Å². The molecular weight excluding hydrogens is 196 g/mol. The predicted molar refractivity (Wildman–Crippen MR) is 66.1 cm³/mol. The van der Waals surface area contributed by atoms with Gasteiger partial charge >= 0.3 is 0 Å². The summed E-state index contributed by atoms with van der Waals surface area (Å²) < 4.78 is 5.75. The summed E-state index contributed by atoms with van der Waals surface area (Å²) in [5.74, 6) is 0.821. The minimum Gasteiger partial charge on any atom is -0.473 e. The molecule has 0 aliphatic rings. The molecule has 0 unspecified atom stereocenters. The third-order valence-electron chi connectivity index (χ3n) is 2.21. The van der Waals surface area contributed by atoms with E-state index in [0.717, 1.165) is 17.4 Å². The summed E-state index contributed by atoms with van der Waals surface area (Å²) in [5.41, 5.74) is 1.03. The van der Waals surface area contributed by atoms with Crippen molar-refractivity contribution in [3.05, 3.63) is 85.0 Å². The van der Waals surface area contributed by atoms with Crippen LogP contribution in [0.2, 0.25) is 0 Å². The van der Waals surface area contributed by atoms with Crippen molar-refractivity contribution < 1.29 is 4.74 Å². The molecule has 2 aromatic carbocycles. The van der Waals surface area contributed by atoms with E-state index in [2.05, 4.69) is 6.58 Å². The molecule has 2 aromatic rings. The van der Waals surface area contributed by atoms with Crippen molar-refractivity contribution in [2.45, 2.75) is 0 Å². The summed E-state index contributed by atoms with van der Waals surface area (Å²) in [5, 5.41) is 0. The average molecular weight is 209 g/mol. The van der Waals surface area contributed by atoms with Crippen LogP contribution in [0.1, 0.15) is 5.56 Å². The van der Waals surface area contributed by atoms with Crippen LogP contribution in [0.3, 0.4) is 0 Å². The maximum atomic E-state index is 5.75. The first-order valence-corrected chi connectivity index (χ1v) is 5.18. The van der Waals surface area contributed by atoms with Crippen LogP contribution in [0.4, 0.5) is 0 Å². The minimum absolute atomic E-state index is 0.770. The molecule has 0 N–H and O–H groups in total. The Morgan fingerprint density at radius 2 is 1.44 bits per heavy atom. The summed E-state index contributed by atoms with van der Waals surface area (Å²) in [6.45, 7) is 3.77. The van der Waals surface area contributed by atoms with Gasteiger partial charge in [0.15, 0.2) is 6.10 Å². The molecule has 0 aromatic heterocycles. The van der Waals surface area contributed by atoms with Crippen molar-refractivity contribution in [2.24, 2.45) is 0 Å². The lowest BCUT2D eigenvalue weighted by molar-refractivity contribution is 0.381. The number of hydrogen-bond acceptors (Lipinski definition) is 1. The van der Waals surface area contributed by atoms with E-state index in [0.29, 0.717) is 0 Å². The molecule has 0 fully saturated rings. The molecule has 2 rings (SSSR count). The van der Waals surface area contributed by atoms with Gasteiger partial charge in [0.05, 0.1) is 0 Å². The van der Waals surface area contributed by atoms with E-state index in [9.17, 15) is 0 Å². The quantitative estimate of drug-likeness (QED) is 0.743.